The molecule has 0 aromatic heterocycles. The molecule has 8 heteroatoms. The Morgan fingerprint density at radius 1 is 0.731 bits per heavy atom. The van der Waals surface area contributed by atoms with E-state index in [0.717, 1.165) is 19.3 Å². The lowest BCUT2D eigenvalue weighted by molar-refractivity contribution is -0.149. The Morgan fingerprint density at radius 3 is 1.50 bits per heavy atom. The molecule has 0 heterocycles. The third kappa shape index (κ3) is 18.6. The van der Waals surface area contributed by atoms with Crippen LogP contribution in [0, 0.1) is 5.92 Å². The second kappa shape index (κ2) is 15.1. The monoisotopic (exact) mass is 488 g/mol. The summed E-state index contributed by atoms with van der Waals surface area (Å²) in [6.45, 7) is 2.56. The number of esters is 1. The minimum atomic E-state index is -1.60. The topological polar surface area (TPSA) is 26.3 Å². The van der Waals surface area contributed by atoms with Gasteiger partial charge in [0.2, 0.25) is 0 Å². The van der Waals surface area contributed by atoms with Crippen molar-refractivity contribution in [3.05, 3.63) is 0 Å². The zero-order valence-corrected chi connectivity index (χ0v) is 19.9. The van der Waals surface area contributed by atoms with E-state index in [-0.39, 0.29) is 12.8 Å². The minimum Gasteiger partial charge on any atom is -0.465 e. The van der Waals surface area contributed by atoms with Crippen molar-refractivity contribution in [3.8, 4) is 0 Å². The number of rotatable bonds is 14. The Hall–Kier alpha value is 1.21. The molecule has 0 aromatic rings. The molecule has 0 saturated heterocycles. The van der Waals surface area contributed by atoms with Crippen LogP contribution in [-0.4, -0.2) is 20.2 Å². The summed E-state index contributed by atoms with van der Waals surface area (Å²) in [6, 6.07) is 0. The fourth-order valence-corrected chi connectivity index (χ4v) is 3.80. The SMILES string of the molecule is CCCCCCCCCCCCOC(=O)C(CC(Cl)(Cl)Cl)CC(Cl)(Cl)Cl. The molecule has 0 N–H and O–H groups in total. The number of ether oxygens (including phenoxy) is 1. The largest absolute Gasteiger partial charge is 0.465 e. The van der Waals surface area contributed by atoms with E-state index in [9.17, 15) is 4.79 Å². The van der Waals surface area contributed by atoms with Gasteiger partial charge in [-0.3, -0.25) is 4.79 Å². The van der Waals surface area contributed by atoms with Crippen LogP contribution in [0.25, 0.3) is 0 Å². The Labute approximate surface area is 188 Å². The second-order valence-corrected chi connectivity index (χ2v) is 11.7. The smallest absolute Gasteiger partial charge is 0.309 e. The van der Waals surface area contributed by atoms with Crippen molar-refractivity contribution in [2.45, 2.75) is 91.6 Å². The molecule has 0 aliphatic heterocycles. The highest BCUT2D eigenvalue weighted by Gasteiger charge is 2.36. The van der Waals surface area contributed by atoms with Crippen LogP contribution in [0.5, 0.6) is 0 Å². The van der Waals surface area contributed by atoms with Gasteiger partial charge in [-0.15, -0.1) is 0 Å². The molecule has 0 aliphatic rings. The summed E-state index contributed by atoms with van der Waals surface area (Å²) >= 11 is 34.6. The van der Waals surface area contributed by atoms with E-state index < -0.39 is 19.5 Å². The fourth-order valence-electron chi connectivity index (χ4n) is 2.68. The van der Waals surface area contributed by atoms with Gasteiger partial charge in [0.15, 0.2) is 7.59 Å². The predicted octanol–water partition coefficient (Wildman–Crippen LogP) is 8.59. The summed E-state index contributed by atoms with van der Waals surface area (Å²) in [4.78, 5) is 12.2. The van der Waals surface area contributed by atoms with Crippen molar-refractivity contribution in [3.63, 3.8) is 0 Å². The molecule has 0 atom stereocenters. The predicted molar refractivity (Wildman–Crippen MR) is 116 cm³/mol. The number of alkyl halides is 6. The zero-order chi connectivity index (χ0) is 20.1. The van der Waals surface area contributed by atoms with Crippen LogP contribution in [0.4, 0.5) is 0 Å². The van der Waals surface area contributed by atoms with E-state index in [1.165, 1.54) is 44.9 Å². The van der Waals surface area contributed by atoms with E-state index in [2.05, 4.69) is 6.92 Å². The molecule has 0 aliphatic carbocycles. The highest BCUT2D eigenvalue weighted by atomic mass is 35.6. The molecule has 2 nitrogen and oxygen atoms in total. The molecule has 0 bridgehead atoms. The Kier molecular flexibility index (Phi) is 15.8. The number of halogens is 6. The first-order valence-corrected chi connectivity index (χ1v) is 11.6. The van der Waals surface area contributed by atoms with Crippen LogP contribution in [-0.2, 0) is 9.53 Å². The molecular weight excluding hydrogens is 461 g/mol. The normalized spacial score (nSPS) is 12.6. The highest BCUT2D eigenvalue weighted by molar-refractivity contribution is 6.68. The van der Waals surface area contributed by atoms with E-state index >= 15 is 0 Å². The van der Waals surface area contributed by atoms with Gasteiger partial charge in [0.1, 0.15) is 0 Å². The summed E-state index contributed by atoms with van der Waals surface area (Å²) in [6.07, 6.45) is 12.0. The first-order valence-electron chi connectivity index (χ1n) is 9.35. The molecule has 0 saturated carbocycles. The van der Waals surface area contributed by atoms with Crippen molar-refractivity contribution in [1.29, 1.82) is 0 Å². The molecule has 0 aromatic carbocycles. The van der Waals surface area contributed by atoms with Gasteiger partial charge in [0.25, 0.3) is 0 Å². The van der Waals surface area contributed by atoms with Crippen LogP contribution in [0.1, 0.15) is 84.0 Å². The molecule has 0 rings (SSSR count). The third-order valence-corrected chi connectivity index (χ3v) is 4.96. The van der Waals surface area contributed by atoms with Gasteiger partial charge in [-0.25, -0.2) is 0 Å². The van der Waals surface area contributed by atoms with Gasteiger partial charge in [-0.05, 0) is 6.42 Å². The van der Waals surface area contributed by atoms with Crippen LogP contribution in [0.2, 0.25) is 0 Å². The molecular formula is C18H30Cl6O2. The van der Waals surface area contributed by atoms with Crippen molar-refractivity contribution >= 4 is 75.6 Å². The maximum Gasteiger partial charge on any atom is 0.309 e. The molecule has 156 valence electrons. The molecule has 0 amide bonds. The van der Waals surface area contributed by atoms with E-state index in [1.54, 1.807) is 0 Å². The van der Waals surface area contributed by atoms with Gasteiger partial charge >= 0.3 is 5.97 Å². The highest BCUT2D eigenvalue weighted by Crippen LogP contribution is 2.40. The van der Waals surface area contributed by atoms with Gasteiger partial charge in [0, 0.05) is 12.8 Å². The summed E-state index contributed by atoms with van der Waals surface area (Å²) in [5.74, 6) is -1.25. The van der Waals surface area contributed by atoms with E-state index in [0.29, 0.717) is 6.61 Å². The average molecular weight is 491 g/mol. The van der Waals surface area contributed by atoms with Gasteiger partial charge < -0.3 is 4.74 Å². The van der Waals surface area contributed by atoms with Crippen LogP contribution in [0.15, 0.2) is 0 Å². The van der Waals surface area contributed by atoms with Crippen LogP contribution in [0.3, 0.4) is 0 Å². The van der Waals surface area contributed by atoms with Crippen molar-refractivity contribution < 1.29 is 9.53 Å². The number of unbranched alkanes of at least 4 members (excludes halogenated alkanes) is 9. The lowest BCUT2D eigenvalue weighted by Gasteiger charge is -2.23. The minimum absolute atomic E-state index is 0.0531. The third-order valence-electron chi connectivity index (χ3n) is 4.03. The maximum absolute atomic E-state index is 12.2. The Balaban J connectivity index is 3.88. The number of carbonyl (C=O) groups excluding carboxylic acids is 1. The van der Waals surface area contributed by atoms with Crippen LogP contribution < -0.4 is 0 Å². The molecule has 0 fully saturated rings. The molecule has 0 unspecified atom stereocenters. The first-order chi connectivity index (χ1) is 12.0. The number of hydrogen-bond donors (Lipinski definition) is 0. The number of hydrogen-bond acceptors (Lipinski definition) is 2. The molecule has 0 radical (unpaired) electrons. The number of carbonyl (C=O) groups is 1. The van der Waals surface area contributed by atoms with Crippen LogP contribution >= 0.6 is 69.6 Å². The summed E-state index contributed by atoms with van der Waals surface area (Å²) in [5, 5.41) is 0. The summed E-state index contributed by atoms with van der Waals surface area (Å²) < 4.78 is 2.08. The summed E-state index contributed by atoms with van der Waals surface area (Å²) in [5.41, 5.74) is 0. The lowest BCUT2D eigenvalue weighted by Crippen LogP contribution is -2.27. The maximum atomic E-state index is 12.2. The van der Waals surface area contributed by atoms with Crippen molar-refractivity contribution in [2.24, 2.45) is 5.92 Å². The first kappa shape index (κ1) is 27.2. The van der Waals surface area contributed by atoms with Gasteiger partial charge in [0.05, 0.1) is 12.5 Å². The van der Waals surface area contributed by atoms with E-state index in [4.69, 9.17) is 74.3 Å². The van der Waals surface area contributed by atoms with Gasteiger partial charge in [-0.2, -0.15) is 0 Å². The molecule has 26 heavy (non-hydrogen) atoms. The standard InChI is InChI=1S/C18H30Cl6O2/c1-2-3-4-5-6-7-8-9-10-11-12-26-16(25)15(13-17(19,20)21)14-18(22,23)24/h15H,2-14H2,1H3. The second-order valence-electron chi connectivity index (χ2n) is 6.69. The molecule has 0 spiro atoms. The lowest BCUT2D eigenvalue weighted by atomic mass is 10.0. The fraction of sp³-hybridized carbons (Fsp3) is 0.944. The quantitative estimate of drug-likeness (QED) is 0.138. The Bertz CT molecular complexity index is 350. The zero-order valence-electron chi connectivity index (χ0n) is 15.4. The Morgan fingerprint density at radius 2 is 1.12 bits per heavy atom. The van der Waals surface area contributed by atoms with Gasteiger partial charge in [-0.1, -0.05) is 134 Å². The summed E-state index contributed by atoms with van der Waals surface area (Å²) in [7, 11) is 0. The average Bonchev–Trinajstić information content (AvgIpc) is 2.49. The van der Waals surface area contributed by atoms with Crippen molar-refractivity contribution in [2.75, 3.05) is 6.61 Å². The van der Waals surface area contributed by atoms with E-state index in [1.807, 2.05) is 0 Å². The van der Waals surface area contributed by atoms with Crippen molar-refractivity contribution in [1.82, 2.24) is 0 Å².